The van der Waals surface area contributed by atoms with Crippen LogP contribution in [0.3, 0.4) is 0 Å². The van der Waals surface area contributed by atoms with Crippen LogP contribution in [0.15, 0.2) is 59.8 Å². The lowest BCUT2D eigenvalue weighted by Gasteiger charge is -2.31. The molecule has 1 aromatic carbocycles. The number of hydrogen-bond acceptors (Lipinski definition) is 2. The van der Waals surface area contributed by atoms with Crippen molar-refractivity contribution in [2.75, 3.05) is 25.5 Å². The van der Waals surface area contributed by atoms with Gasteiger partial charge in [-0.2, -0.15) is 0 Å². The molecule has 0 amide bonds. The van der Waals surface area contributed by atoms with E-state index in [2.05, 4.69) is 49.8 Å². The third kappa shape index (κ3) is 4.73. The van der Waals surface area contributed by atoms with Crippen LogP contribution in [0.25, 0.3) is 0 Å². The molecule has 0 radical (unpaired) electrons. The van der Waals surface area contributed by atoms with E-state index in [-0.39, 0.29) is 0 Å². The maximum atomic E-state index is 5.96. The number of piperidine rings is 1. The molecule has 0 bridgehead atoms. The van der Waals surface area contributed by atoms with Gasteiger partial charge in [0.15, 0.2) is 0 Å². The van der Waals surface area contributed by atoms with Crippen LogP contribution >= 0.6 is 11.6 Å². The maximum absolute atomic E-state index is 5.96. The fourth-order valence-electron chi connectivity index (χ4n) is 3.07. The number of halogens is 1. The Labute approximate surface area is 145 Å². The van der Waals surface area contributed by atoms with Crippen molar-refractivity contribution in [3.05, 3.63) is 64.9 Å². The topological polar surface area (TPSA) is 15.3 Å². The molecule has 23 heavy (non-hydrogen) atoms. The number of nitrogens with one attached hydrogen (secondary N) is 1. The summed E-state index contributed by atoms with van der Waals surface area (Å²) in [5, 5.41) is 4.25. The molecule has 3 heteroatoms. The van der Waals surface area contributed by atoms with Gasteiger partial charge < -0.3 is 10.2 Å². The molecule has 1 saturated heterocycles. The van der Waals surface area contributed by atoms with Crippen LogP contribution in [0.5, 0.6) is 0 Å². The summed E-state index contributed by atoms with van der Waals surface area (Å²) in [5.41, 5.74) is 4.61. The first-order chi connectivity index (χ1) is 11.0. The number of benzene rings is 1. The molecule has 1 aliphatic heterocycles. The highest BCUT2D eigenvalue weighted by atomic mass is 35.5. The van der Waals surface area contributed by atoms with Gasteiger partial charge in [0.05, 0.1) is 0 Å². The highest BCUT2D eigenvalue weighted by molar-refractivity contribution is 6.30. The van der Waals surface area contributed by atoms with Crippen molar-refractivity contribution in [1.82, 2.24) is 4.90 Å². The smallest absolute Gasteiger partial charge is 0.0413 e. The van der Waals surface area contributed by atoms with Crippen LogP contribution < -0.4 is 5.32 Å². The van der Waals surface area contributed by atoms with Crippen molar-refractivity contribution in [2.24, 2.45) is 5.92 Å². The zero-order valence-electron chi connectivity index (χ0n) is 14.4. The third-order valence-electron chi connectivity index (χ3n) is 4.55. The summed E-state index contributed by atoms with van der Waals surface area (Å²) in [6.07, 6.45) is 6.65. The number of anilines is 1. The Balaban J connectivity index is 2.11. The summed E-state index contributed by atoms with van der Waals surface area (Å²) in [6, 6.07) is 7.80. The van der Waals surface area contributed by atoms with Crippen molar-refractivity contribution in [3.63, 3.8) is 0 Å². The fourth-order valence-corrected chi connectivity index (χ4v) is 3.20. The van der Waals surface area contributed by atoms with E-state index >= 15 is 0 Å². The Kier molecular flexibility index (Phi) is 6.49. The molecule has 2 rings (SSSR count). The van der Waals surface area contributed by atoms with E-state index in [0.29, 0.717) is 5.92 Å². The summed E-state index contributed by atoms with van der Waals surface area (Å²) < 4.78 is 0. The minimum Gasteiger partial charge on any atom is -0.355 e. The molecule has 1 aromatic rings. The number of allylic oxidation sites excluding steroid dienone is 3. The molecule has 0 spiro atoms. The molecule has 0 unspecified atom stereocenters. The number of nitrogens with zero attached hydrogens (tertiary/aromatic N) is 1. The minimum absolute atomic E-state index is 0.569. The Morgan fingerprint density at radius 2 is 1.78 bits per heavy atom. The molecule has 124 valence electrons. The van der Waals surface area contributed by atoms with Crippen molar-refractivity contribution in [3.8, 4) is 0 Å². The first-order valence-corrected chi connectivity index (χ1v) is 8.66. The zero-order chi connectivity index (χ0) is 16.8. The molecule has 1 heterocycles. The monoisotopic (exact) mass is 330 g/mol. The lowest BCUT2D eigenvalue weighted by molar-refractivity contribution is 0.239. The van der Waals surface area contributed by atoms with Gasteiger partial charge in [0.2, 0.25) is 0 Å². The SMILES string of the molecule is C=C(C(=C/C)/C(=C\C)Nc1ccc(Cl)cc1)C1CCN(C)CC1. The van der Waals surface area contributed by atoms with Crippen LogP contribution in [-0.2, 0) is 0 Å². The summed E-state index contributed by atoms with van der Waals surface area (Å²) in [6.45, 7) is 10.9. The third-order valence-corrected chi connectivity index (χ3v) is 4.80. The molecule has 2 nitrogen and oxygen atoms in total. The quantitative estimate of drug-likeness (QED) is 0.717. The van der Waals surface area contributed by atoms with E-state index in [9.17, 15) is 0 Å². The van der Waals surface area contributed by atoms with E-state index in [1.54, 1.807) is 0 Å². The first kappa shape index (κ1) is 17.8. The predicted molar refractivity (Wildman–Crippen MR) is 102 cm³/mol. The standard InChI is InChI=1S/C20H27ClN2/c1-5-19(15(3)16-11-13-23(4)14-12-16)20(6-2)22-18-9-7-17(21)8-10-18/h5-10,16,22H,3,11-14H2,1-2,4H3/b19-5-,20-6+. The molecular formula is C20H27ClN2. The number of likely N-dealkylation sites (tertiary alicyclic amines) is 1. The zero-order valence-corrected chi connectivity index (χ0v) is 15.2. The second-order valence-corrected chi connectivity index (χ2v) is 6.58. The summed E-state index contributed by atoms with van der Waals surface area (Å²) in [5.74, 6) is 0.569. The molecular weight excluding hydrogens is 304 g/mol. The van der Waals surface area contributed by atoms with Gasteiger partial charge in [-0.1, -0.05) is 30.3 Å². The van der Waals surface area contributed by atoms with E-state index in [1.807, 2.05) is 24.3 Å². The normalized spacial score (nSPS) is 18.1. The van der Waals surface area contributed by atoms with Crippen molar-refractivity contribution in [1.29, 1.82) is 0 Å². The first-order valence-electron chi connectivity index (χ1n) is 8.28. The lowest BCUT2D eigenvalue weighted by Crippen LogP contribution is -2.31. The summed E-state index contributed by atoms with van der Waals surface area (Å²) >= 11 is 5.96. The van der Waals surface area contributed by atoms with Crippen LogP contribution in [0.1, 0.15) is 26.7 Å². The average Bonchev–Trinajstić information content (AvgIpc) is 2.57. The van der Waals surface area contributed by atoms with Gasteiger partial charge in [0.1, 0.15) is 0 Å². The Morgan fingerprint density at radius 3 is 2.30 bits per heavy atom. The summed E-state index contributed by atoms with van der Waals surface area (Å²) in [4.78, 5) is 2.39. The Morgan fingerprint density at radius 1 is 1.17 bits per heavy atom. The van der Waals surface area contributed by atoms with Gasteiger partial charge in [0.25, 0.3) is 0 Å². The van der Waals surface area contributed by atoms with Crippen molar-refractivity contribution in [2.45, 2.75) is 26.7 Å². The van der Waals surface area contributed by atoms with Gasteiger partial charge in [-0.3, -0.25) is 0 Å². The second-order valence-electron chi connectivity index (χ2n) is 6.14. The number of rotatable bonds is 5. The van der Waals surface area contributed by atoms with Crippen LogP contribution in [0.4, 0.5) is 5.69 Å². The van der Waals surface area contributed by atoms with E-state index in [0.717, 1.165) is 29.5 Å². The predicted octanol–water partition coefficient (Wildman–Crippen LogP) is 5.50. The Hall–Kier alpha value is -1.51. The molecule has 0 atom stereocenters. The molecule has 1 N–H and O–H groups in total. The maximum Gasteiger partial charge on any atom is 0.0413 e. The van der Waals surface area contributed by atoms with Crippen molar-refractivity contribution < 1.29 is 0 Å². The molecule has 1 fully saturated rings. The van der Waals surface area contributed by atoms with Crippen LogP contribution in [-0.4, -0.2) is 25.0 Å². The molecule has 0 saturated carbocycles. The van der Waals surface area contributed by atoms with Crippen LogP contribution in [0.2, 0.25) is 5.02 Å². The van der Waals surface area contributed by atoms with Gasteiger partial charge in [0, 0.05) is 16.4 Å². The minimum atomic E-state index is 0.569. The largest absolute Gasteiger partial charge is 0.355 e. The van der Waals surface area contributed by atoms with Gasteiger partial charge in [-0.25, -0.2) is 0 Å². The molecule has 0 aliphatic carbocycles. The highest BCUT2D eigenvalue weighted by Gasteiger charge is 2.22. The van der Waals surface area contributed by atoms with Gasteiger partial charge >= 0.3 is 0 Å². The average molecular weight is 331 g/mol. The lowest BCUT2D eigenvalue weighted by atomic mass is 9.84. The van der Waals surface area contributed by atoms with Gasteiger partial charge in [-0.05, 0) is 88.2 Å². The van der Waals surface area contributed by atoms with Gasteiger partial charge in [-0.15, -0.1) is 0 Å². The Bertz CT molecular complexity index is 591. The molecule has 0 aromatic heterocycles. The van der Waals surface area contributed by atoms with Crippen molar-refractivity contribution >= 4 is 17.3 Å². The summed E-state index contributed by atoms with van der Waals surface area (Å²) in [7, 11) is 2.19. The van der Waals surface area contributed by atoms with Crippen LogP contribution in [0, 0.1) is 5.92 Å². The van der Waals surface area contributed by atoms with E-state index < -0.39 is 0 Å². The van der Waals surface area contributed by atoms with E-state index in [1.165, 1.54) is 24.0 Å². The molecule has 1 aliphatic rings. The second kappa shape index (κ2) is 8.37. The van der Waals surface area contributed by atoms with E-state index in [4.69, 9.17) is 11.6 Å². The fraction of sp³-hybridized carbons (Fsp3) is 0.400. The highest BCUT2D eigenvalue weighted by Crippen LogP contribution is 2.32. The number of hydrogen-bond donors (Lipinski definition) is 1.